The summed E-state index contributed by atoms with van der Waals surface area (Å²) in [7, 11) is 2.21. The Morgan fingerprint density at radius 1 is 1.17 bits per heavy atom. The molecule has 0 saturated heterocycles. The van der Waals surface area contributed by atoms with Gasteiger partial charge in [-0.25, -0.2) is 0 Å². The Labute approximate surface area is 111 Å². The fourth-order valence-electron chi connectivity index (χ4n) is 2.92. The first-order valence-corrected chi connectivity index (χ1v) is 7.14. The minimum absolute atomic E-state index is 0.415. The van der Waals surface area contributed by atoms with Gasteiger partial charge in [-0.05, 0) is 49.4 Å². The second-order valence-electron chi connectivity index (χ2n) is 5.90. The number of rotatable bonds is 6. The normalized spacial score (nSPS) is 17.8. The lowest BCUT2D eigenvalue weighted by atomic mass is 9.68. The first-order chi connectivity index (χ1) is 8.67. The molecule has 0 spiro atoms. The van der Waals surface area contributed by atoms with Gasteiger partial charge < -0.3 is 10.6 Å². The molecule has 1 aliphatic rings. The van der Waals surface area contributed by atoms with Crippen LogP contribution in [0.1, 0.15) is 37.3 Å². The number of hydrogen-bond donors (Lipinski definition) is 1. The maximum Gasteiger partial charge on any atom is 0.0230 e. The summed E-state index contributed by atoms with van der Waals surface area (Å²) in [6.07, 6.45) is 5.09. The maximum atomic E-state index is 5.92. The minimum atomic E-state index is 0.415. The molecule has 0 aliphatic heterocycles. The number of hydrogen-bond acceptors (Lipinski definition) is 2. The third kappa shape index (κ3) is 3.12. The molecule has 1 aromatic rings. The Balaban J connectivity index is 1.88. The molecule has 2 rings (SSSR count). The first-order valence-electron chi connectivity index (χ1n) is 7.14. The lowest BCUT2D eigenvalue weighted by Crippen LogP contribution is -2.45. The van der Waals surface area contributed by atoms with Gasteiger partial charge >= 0.3 is 0 Å². The summed E-state index contributed by atoms with van der Waals surface area (Å²) >= 11 is 0. The highest BCUT2D eigenvalue weighted by atomic mass is 15.1. The van der Waals surface area contributed by atoms with E-state index in [4.69, 9.17) is 5.73 Å². The van der Waals surface area contributed by atoms with E-state index in [2.05, 4.69) is 43.1 Å². The summed E-state index contributed by atoms with van der Waals surface area (Å²) in [5.41, 5.74) is 9.16. The van der Waals surface area contributed by atoms with Crippen LogP contribution < -0.4 is 5.73 Å². The zero-order valence-electron chi connectivity index (χ0n) is 11.8. The topological polar surface area (TPSA) is 29.3 Å². The highest BCUT2D eigenvalue weighted by Gasteiger charge is 2.36. The number of nitrogens with zero attached hydrogens (tertiary/aromatic N) is 1. The summed E-state index contributed by atoms with van der Waals surface area (Å²) in [6, 6.07) is 8.99. The number of aryl methyl sites for hydroxylation is 1. The summed E-state index contributed by atoms with van der Waals surface area (Å²) in [5, 5.41) is 0. The van der Waals surface area contributed by atoms with Crippen molar-refractivity contribution in [2.75, 3.05) is 20.1 Å². The van der Waals surface area contributed by atoms with Crippen molar-refractivity contribution in [2.45, 2.75) is 39.2 Å². The van der Waals surface area contributed by atoms with Crippen LogP contribution in [0.15, 0.2) is 24.3 Å². The van der Waals surface area contributed by atoms with Gasteiger partial charge in [0.15, 0.2) is 0 Å². The van der Waals surface area contributed by atoms with Gasteiger partial charge in [0.05, 0.1) is 0 Å². The molecule has 0 aromatic heterocycles. The van der Waals surface area contributed by atoms with Crippen LogP contribution >= 0.6 is 0 Å². The molecule has 2 N–H and O–H groups in total. The van der Waals surface area contributed by atoms with E-state index in [0.717, 1.165) is 26.1 Å². The first kappa shape index (κ1) is 13.6. The molecule has 1 fully saturated rings. The Bertz CT molecular complexity index is 360. The van der Waals surface area contributed by atoms with E-state index in [-0.39, 0.29) is 0 Å². The van der Waals surface area contributed by atoms with Crippen molar-refractivity contribution in [3.63, 3.8) is 0 Å². The van der Waals surface area contributed by atoms with Crippen LogP contribution in [0.2, 0.25) is 0 Å². The third-order valence-electron chi connectivity index (χ3n) is 4.34. The molecule has 0 unspecified atom stereocenters. The SMILES string of the molecule is CCc1ccc(CN(C)CC2(CN)CCC2)cc1. The lowest BCUT2D eigenvalue weighted by Gasteiger charge is -2.43. The summed E-state index contributed by atoms with van der Waals surface area (Å²) in [4.78, 5) is 2.42. The highest BCUT2D eigenvalue weighted by Crippen LogP contribution is 2.40. The predicted molar refractivity (Wildman–Crippen MR) is 77.5 cm³/mol. The molecule has 0 atom stereocenters. The van der Waals surface area contributed by atoms with E-state index >= 15 is 0 Å². The van der Waals surface area contributed by atoms with Crippen molar-refractivity contribution in [1.29, 1.82) is 0 Å². The lowest BCUT2D eigenvalue weighted by molar-refractivity contribution is 0.0845. The van der Waals surface area contributed by atoms with Crippen molar-refractivity contribution >= 4 is 0 Å². The quantitative estimate of drug-likeness (QED) is 0.836. The molecule has 2 heteroatoms. The zero-order chi connectivity index (χ0) is 13.0. The van der Waals surface area contributed by atoms with Gasteiger partial charge in [-0.2, -0.15) is 0 Å². The highest BCUT2D eigenvalue weighted by molar-refractivity contribution is 5.22. The van der Waals surface area contributed by atoms with Crippen LogP contribution in [-0.2, 0) is 13.0 Å². The number of benzene rings is 1. The van der Waals surface area contributed by atoms with E-state index in [1.54, 1.807) is 0 Å². The van der Waals surface area contributed by atoms with Gasteiger partial charge in [-0.3, -0.25) is 0 Å². The average Bonchev–Trinajstić information content (AvgIpc) is 2.35. The molecule has 1 aromatic carbocycles. The summed E-state index contributed by atoms with van der Waals surface area (Å²) < 4.78 is 0. The Kier molecular flexibility index (Phi) is 4.41. The van der Waals surface area contributed by atoms with Crippen LogP contribution in [0, 0.1) is 5.41 Å². The van der Waals surface area contributed by atoms with Crippen molar-refractivity contribution in [3.05, 3.63) is 35.4 Å². The predicted octanol–water partition coefficient (Wildman–Crippen LogP) is 2.81. The Morgan fingerprint density at radius 2 is 1.78 bits per heavy atom. The summed E-state index contributed by atoms with van der Waals surface area (Å²) in [5.74, 6) is 0. The van der Waals surface area contributed by atoms with Gasteiger partial charge in [0.25, 0.3) is 0 Å². The standard InChI is InChI=1S/C16H26N2/c1-3-14-5-7-15(8-6-14)11-18(2)13-16(12-17)9-4-10-16/h5-8H,3-4,9-13,17H2,1-2H3. The molecular formula is C16H26N2. The van der Waals surface area contributed by atoms with Crippen molar-refractivity contribution in [3.8, 4) is 0 Å². The number of nitrogens with two attached hydrogens (primary N) is 1. The minimum Gasteiger partial charge on any atom is -0.330 e. The van der Waals surface area contributed by atoms with Gasteiger partial charge in [0.1, 0.15) is 0 Å². The fourth-order valence-corrected chi connectivity index (χ4v) is 2.92. The van der Waals surface area contributed by atoms with E-state index < -0.39 is 0 Å². The Morgan fingerprint density at radius 3 is 2.22 bits per heavy atom. The largest absolute Gasteiger partial charge is 0.330 e. The monoisotopic (exact) mass is 246 g/mol. The second kappa shape index (κ2) is 5.85. The second-order valence-corrected chi connectivity index (χ2v) is 5.90. The maximum absolute atomic E-state index is 5.92. The molecule has 0 heterocycles. The van der Waals surface area contributed by atoms with Gasteiger partial charge in [0, 0.05) is 13.1 Å². The molecule has 2 nitrogen and oxygen atoms in total. The van der Waals surface area contributed by atoms with Gasteiger partial charge in [-0.15, -0.1) is 0 Å². The smallest absolute Gasteiger partial charge is 0.0230 e. The fraction of sp³-hybridized carbons (Fsp3) is 0.625. The third-order valence-corrected chi connectivity index (χ3v) is 4.34. The molecule has 1 aliphatic carbocycles. The molecule has 1 saturated carbocycles. The molecule has 18 heavy (non-hydrogen) atoms. The molecule has 0 amide bonds. The van der Waals surface area contributed by atoms with Crippen LogP contribution in [0.4, 0.5) is 0 Å². The molecule has 0 radical (unpaired) electrons. The van der Waals surface area contributed by atoms with E-state index in [9.17, 15) is 0 Å². The molecular weight excluding hydrogens is 220 g/mol. The molecule has 0 bridgehead atoms. The van der Waals surface area contributed by atoms with Crippen LogP contribution in [0.3, 0.4) is 0 Å². The van der Waals surface area contributed by atoms with E-state index in [0.29, 0.717) is 5.41 Å². The average molecular weight is 246 g/mol. The van der Waals surface area contributed by atoms with E-state index in [1.807, 2.05) is 0 Å². The van der Waals surface area contributed by atoms with Crippen LogP contribution in [0.25, 0.3) is 0 Å². The van der Waals surface area contributed by atoms with Gasteiger partial charge in [0.2, 0.25) is 0 Å². The van der Waals surface area contributed by atoms with Crippen molar-refractivity contribution in [1.82, 2.24) is 4.90 Å². The van der Waals surface area contributed by atoms with Crippen molar-refractivity contribution < 1.29 is 0 Å². The van der Waals surface area contributed by atoms with Crippen LogP contribution in [-0.4, -0.2) is 25.0 Å². The summed E-state index contributed by atoms with van der Waals surface area (Å²) in [6.45, 7) is 5.21. The van der Waals surface area contributed by atoms with Crippen LogP contribution in [0.5, 0.6) is 0 Å². The van der Waals surface area contributed by atoms with E-state index in [1.165, 1.54) is 30.4 Å². The van der Waals surface area contributed by atoms with Crippen molar-refractivity contribution in [2.24, 2.45) is 11.1 Å². The van der Waals surface area contributed by atoms with Gasteiger partial charge in [-0.1, -0.05) is 37.6 Å². The molecule has 100 valence electrons. The zero-order valence-corrected chi connectivity index (χ0v) is 11.8. The Hall–Kier alpha value is -0.860.